The summed E-state index contributed by atoms with van der Waals surface area (Å²) in [6.07, 6.45) is 3.38. The number of nitrogens with zero attached hydrogens (tertiary/aromatic N) is 2. The maximum Gasteiger partial charge on any atom is 0.236 e. The summed E-state index contributed by atoms with van der Waals surface area (Å²) in [5.74, 6) is -0.630. The van der Waals surface area contributed by atoms with E-state index in [2.05, 4.69) is 28.3 Å². The van der Waals surface area contributed by atoms with Gasteiger partial charge in [-0.3, -0.25) is 9.59 Å². The molecule has 2 rings (SSSR count). The van der Waals surface area contributed by atoms with Crippen LogP contribution in [0.15, 0.2) is 34.8 Å². The lowest BCUT2D eigenvalue weighted by atomic mass is 9.94. The van der Waals surface area contributed by atoms with Crippen LogP contribution in [0.25, 0.3) is 0 Å². The van der Waals surface area contributed by atoms with Crippen molar-refractivity contribution in [2.75, 3.05) is 11.1 Å². The zero-order chi connectivity index (χ0) is 15.2. The number of hydrogen-bond acceptors (Lipinski definition) is 6. The van der Waals surface area contributed by atoms with Crippen molar-refractivity contribution in [3.8, 4) is 6.07 Å². The Balaban J connectivity index is 2.01. The van der Waals surface area contributed by atoms with E-state index in [1.165, 1.54) is 11.3 Å². The van der Waals surface area contributed by atoms with Gasteiger partial charge >= 0.3 is 0 Å². The monoisotopic (exact) mass is 320 g/mol. The molecule has 1 atom stereocenters. The van der Waals surface area contributed by atoms with Gasteiger partial charge in [-0.15, -0.1) is 17.9 Å². The summed E-state index contributed by atoms with van der Waals surface area (Å²) < 4.78 is 0. The van der Waals surface area contributed by atoms with E-state index in [0.29, 0.717) is 15.7 Å². The van der Waals surface area contributed by atoms with Crippen LogP contribution in [0.5, 0.6) is 0 Å². The van der Waals surface area contributed by atoms with E-state index in [9.17, 15) is 14.9 Å². The Morgan fingerprint density at radius 2 is 2.57 bits per heavy atom. The zero-order valence-electron chi connectivity index (χ0n) is 11.0. The third-order valence-electron chi connectivity index (χ3n) is 2.70. The molecule has 0 radical (unpaired) electrons. The summed E-state index contributed by atoms with van der Waals surface area (Å²) in [5.41, 5.74) is 0.441. The molecule has 2 amide bonds. The van der Waals surface area contributed by atoms with E-state index in [0.717, 1.165) is 11.8 Å². The fourth-order valence-corrected chi connectivity index (χ4v) is 3.17. The number of nitrogens with one attached hydrogen (secondary N) is 2. The van der Waals surface area contributed by atoms with Crippen molar-refractivity contribution in [1.29, 1.82) is 5.26 Å². The number of hydrogen-bond donors (Lipinski definition) is 2. The van der Waals surface area contributed by atoms with Gasteiger partial charge in [-0.25, -0.2) is 4.98 Å². The van der Waals surface area contributed by atoms with Gasteiger partial charge in [0, 0.05) is 23.9 Å². The summed E-state index contributed by atoms with van der Waals surface area (Å²) >= 11 is 2.45. The average Bonchev–Trinajstić information content (AvgIpc) is 2.97. The molecule has 0 fully saturated rings. The van der Waals surface area contributed by atoms with Gasteiger partial charge in [0.25, 0.3) is 0 Å². The smallest absolute Gasteiger partial charge is 0.236 e. The molecule has 0 saturated heterocycles. The second kappa shape index (κ2) is 7.06. The maximum absolute atomic E-state index is 11.8. The van der Waals surface area contributed by atoms with Crippen molar-refractivity contribution in [2.24, 2.45) is 5.92 Å². The molecule has 21 heavy (non-hydrogen) atoms. The van der Waals surface area contributed by atoms with Crippen molar-refractivity contribution < 1.29 is 9.59 Å². The summed E-state index contributed by atoms with van der Waals surface area (Å²) in [6.45, 7) is 3.64. The lowest BCUT2D eigenvalue weighted by Gasteiger charge is -2.22. The molecule has 0 spiro atoms. The van der Waals surface area contributed by atoms with Crippen LogP contribution in [0, 0.1) is 17.2 Å². The van der Waals surface area contributed by atoms with Gasteiger partial charge in [0.1, 0.15) is 0 Å². The molecule has 1 aromatic rings. The molecule has 0 saturated carbocycles. The summed E-state index contributed by atoms with van der Waals surface area (Å²) in [6, 6.07) is 2.08. The van der Waals surface area contributed by atoms with Gasteiger partial charge in [0.2, 0.25) is 11.8 Å². The first-order valence-electron chi connectivity index (χ1n) is 6.03. The molecule has 108 valence electrons. The predicted octanol–water partition coefficient (Wildman–Crippen LogP) is 1.87. The van der Waals surface area contributed by atoms with Crippen LogP contribution in [-0.2, 0) is 9.59 Å². The number of allylic oxidation sites excluding steroid dienone is 2. The van der Waals surface area contributed by atoms with E-state index in [-0.39, 0.29) is 29.9 Å². The van der Waals surface area contributed by atoms with Crippen LogP contribution in [0.1, 0.15) is 6.42 Å². The molecular weight excluding hydrogens is 308 g/mol. The Morgan fingerprint density at radius 1 is 1.76 bits per heavy atom. The number of amides is 2. The standard InChI is InChI=1S/C13H12N4O2S2/c1-2-8-5-10(18)16-12(9(8)6-14)21-7-11(19)17-13-15-3-4-20-13/h2-4,8H,1,5,7H2,(H,16,18)(H,15,17,19). The van der Waals surface area contributed by atoms with E-state index >= 15 is 0 Å². The van der Waals surface area contributed by atoms with Crippen molar-refractivity contribution in [1.82, 2.24) is 10.3 Å². The molecule has 1 aliphatic heterocycles. The maximum atomic E-state index is 11.8. The first kappa shape index (κ1) is 15.3. The van der Waals surface area contributed by atoms with Gasteiger partial charge in [-0.05, 0) is 0 Å². The Labute approximate surface area is 129 Å². The van der Waals surface area contributed by atoms with Crippen molar-refractivity contribution in [2.45, 2.75) is 6.42 Å². The quantitative estimate of drug-likeness (QED) is 0.808. The van der Waals surface area contributed by atoms with Gasteiger partial charge < -0.3 is 10.6 Å². The number of rotatable bonds is 5. The fraction of sp³-hybridized carbons (Fsp3) is 0.231. The lowest BCUT2D eigenvalue weighted by Crippen LogP contribution is -2.31. The topological polar surface area (TPSA) is 94.9 Å². The van der Waals surface area contributed by atoms with Crippen LogP contribution in [0.2, 0.25) is 0 Å². The molecule has 1 aliphatic rings. The Bertz CT molecular complexity index is 631. The molecular formula is C13H12N4O2S2. The first-order chi connectivity index (χ1) is 10.1. The van der Waals surface area contributed by atoms with Gasteiger partial charge in [0.05, 0.1) is 22.4 Å². The van der Waals surface area contributed by atoms with Crippen LogP contribution < -0.4 is 10.6 Å². The van der Waals surface area contributed by atoms with E-state index in [4.69, 9.17) is 0 Å². The number of carbonyl (C=O) groups excluding carboxylic acids is 2. The van der Waals surface area contributed by atoms with Gasteiger partial charge in [0.15, 0.2) is 5.13 Å². The van der Waals surface area contributed by atoms with Gasteiger partial charge in [-0.1, -0.05) is 17.8 Å². The molecule has 0 aromatic carbocycles. The predicted molar refractivity (Wildman–Crippen MR) is 82.3 cm³/mol. The second-order valence-corrected chi connectivity index (χ2v) is 6.00. The third kappa shape index (κ3) is 3.93. The Hall–Kier alpha value is -2.11. The SMILES string of the molecule is C=CC1CC(=O)NC(SCC(=O)Nc2nccs2)=C1C#N. The van der Waals surface area contributed by atoms with E-state index in [1.54, 1.807) is 17.7 Å². The zero-order valence-corrected chi connectivity index (χ0v) is 12.6. The van der Waals surface area contributed by atoms with Gasteiger partial charge in [-0.2, -0.15) is 5.26 Å². The Kier molecular flexibility index (Phi) is 5.14. The molecule has 6 nitrogen and oxygen atoms in total. The number of carbonyl (C=O) groups is 2. The second-order valence-electron chi connectivity index (χ2n) is 4.12. The van der Waals surface area contributed by atoms with Crippen LogP contribution >= 0.6 is 23.1 Å². The Morgan fingerprint density at radius 3 is 3.19 bits per heavy atom. The largest absolute Gasteiger partial charge is 0.320 e. The molecule has 1 unspecified atom stereocenters. The molecule has 2 N–H and O–H groups in total. The highest BCUT2D eigenvalue weighted by molar-refractivity contribution is 8.03. The normalized spacial score (nSPS) is 17.9. The van der Waals surface area contributed by atoms with E-state index < -0.39 is 0 Å². The molecule has 8 heteroatoms. The number of nitriles is 1. The average molecular weight is 320 g/mol. The van der Waals surface area contributed by atoms with E-state index in [1.807, 2.05) is 0 Å². The number of thiazole rings is 1. The van der Waals surface area contributed by atoms with Crippen LogP contribution in [-0.4, -0.2) is 22.6 Å². The highest BCUT2D eigenvalue weighted by Crippen LogP contribution is 2.29. The van der Waals surface area contributed by atoms with Crippen molar-refractivity contribution >= 4 is 40.0 Å². The lowest BCUT2D eigenvalue weighted by molar-refractivity contribution is -0.121. The van der Waals surface area contributed by atoms with Crippen molar-refractivity contribution in [3.63, 3.8) is 0 Å². The minimum atomic E-state index is -0.298. The number of aromatic nitrogens is 1. The molecule has 0 bridgehead atoms. The molecule has 2 heterocycles. The molecule has 0 aliphatic carbocycles. The first-order valence-corrected chi connectivity index (χ1v) is 7.89. The minimum Gasteiger partial charge on any atom is -0.320 e. The van der Waals surface area contributed by atoms with Crippen LogP contribution in [0.3, 0.4) is 0 Å². The highest BCUT2D eigenvalue weighted by atomic mass is 32.2. The highest BCUT2D eigenvalue weighted by Gasteiger charge is 2.26. The van der Waals surface area contributed by atoms with Crippen molar-refractivity contribution in [3.05, 3.63) is 34.8 Å². The van der Waals surface area contributed by atoms with Crippen LogP contribution in [0.4, 0.5) is 5.13 Å². The summed E-state index contributed by atoms with van der Waals surface area (Å²) in [4.78, 5) is 27.3. The summed E-state index contributed by atoms with van der Waals surface area (Å²) in [5, 5.41) is 17.2. The number of thioether (sulfide) groups is 1. The fourth-order valence-electron chi connectivity index (χ4n) is 1.74. The summed E-state index contributed by atoms with van der Waals surface area (Å²) in [7, 11) is 0. The third-order valence-corrected chi connectivity index (χ3v) is 4.41. The molecule has 1 aromatic heterocycles. The number of anilines is 1. The minimum absolute atomic E-state index is 0.0875.